The Bertz CT molecular complexity index is 1210. The molecule has 1 fully saturated rings. The van der Waals surface area contributed by atoms with Crippen LogP contribution in [0.25, 0.3) is 16.9 Å². The predicted molar refractivity (Wildman–Crippen MR) is 119 cm³/mol. The van der Waals surface area contributed by atoms with Gasteiger partial charge < -0.3 is 15.1 Å². The lowest BCUT2D eigenvalue weighted by molar-refractivity contribution is -0.0290. The highest BCUT2D eigenvalue weighted by Crippen LogP contribution is 2.37. The molecule has 1 aliphatic heterocycles. The molecular weight excluding hydrogens is 409 g/mol. The van der Waals surface area contributed by atoms with Gasteiger partial charge in [-0.05, 0) is 36.6 Å². The Morgan fingerprint density at radius 2 is 1.88 bits per heavy atom. The molecule has 2 atom stereocenters. The van der Waals surface area contributed by atoms with E-state index in [0.29, 0.717) is 31.6 Å². The first kappa shape index (κ1) is 20.5. The fraction of sp³-hybridized carbons (Fsp3) is 0.292. The average Bonchev–Trinajstić information content (AvgIpc) is 3.31. The second kappa shape index (κ2) is 8.29. The van der Waals surface area contributed by atoms with Crippen LogP contribution in [-0.2, 0) is 6.42 Å². The van der Waals surface area contributed by atoms with Gasteiger partial charge in [-0.25, -0.2) is 4.39 Å². The van der Waals surface area contributed by atoms with Gasteiger partial charge in [-0.3, -0.25) is 0 Å². The molecule has 8 heteroatoms. The standard InChI is InChI=1S/C24H24FN5O2/c25-19-8-6-17(7-9-19)13-24(15-31)14-29(11-10-22(24)32)21-12-20(18-4-2-1-3-5-18)28-30-16-26-27-23(21)30/h1-9,12,16,22,31-32H,10-11,13-15H2/t22-,24-/m0/s1. The maximum Gasteiger partial charge on any atom is 0.200 e. The summed E-state index contributed by atoms with van der Waals surface area (Å²) in [7, 11) is 0. The first-order valence-corrected chi connectivity index (χ1v) is 10.6. The summed E-state index contributed by atoms with van der Waals surface area (Å²) in [5.74, 6) is -0.308. The molecule has 32 heavy (non-hydrogen) atoms. The summed E-state index contributed by atoms with van der Waals surface area (Å²) in [6.07, 6.45) is 1.81. The molecule has 0 aliphatic carbocycles. The van der Waals surface area contributed by atoms with Crippen molar-refractivity contribution in [3.8, 4) is 11.3 Å². The molecule has 7 nitrogen and oxygen atoms in total. The van der Waals surface area contributed by atoms with Crippen LogP contribution in [0.4, 0.5) is 10.1 Å². The topological polar surface area (TPSA) is 86.8 Å². The fourth-order valence-electron chi connectivity index (χ4n) is 4.54. The number of piperidine rings is 1. The number of fused-ring (bicyclic) bond motifs is 1. The highest BCUT2D eigenvalue weighted by atomic mass is 19.1. The number of aliphatic hydroxyl groups excluding tert-OH is 2. The number of rotatable bonds is 5. The van der Waals surface area contributed by atoms with E-state index in [4.69, 9.17) is 0 Å². The zero-order valence-corrected chi connectivity index (χ0v) is 17.5. The summed E-state index contributed by atoms with van der Waals surface area (Å²) in [6, 6.07) is 18.1. The van der Waals surface area contributed by atoms with Crippen LogP contribution >= 0.6 is 0 Å². The van der Waals surface area contributed by atoms with Gasteiger partial charge in [0.05, 0.1) is 24.1 Å². The Hall–Kier alpha value is -3.36. The molecule has 0 unspecified atom stereocenters. The zero-order chi connectivity index (χ0) is 22.1. The normalized spacial score (nSPS) is 21.2. The molecule has 3 heterocycles. The summed E-state index contributed by atoms with van der Waals surface area (Å²) in [5, 5.41) is 34.2. The number of hydrogen-bond acceptors (Lipinski definition) is 6. The van der Waals surface area contributed by atoms with Crippen molar-refractivity contribution in [2.75, 3.05) is 24.6 Å². The molecule has 0 saturated carbocycles. The molecule has 1 saturated heterocycles. The van der Waals surface area contributed by atoms with E-state index in [9.17, 15) is 14.6 Å². The number of nitrogens with zero attached hydrogens (tertiary/aromatic N) is 5. The van der Waals surface area contributed by atoms with Crippen LogP contribution < -0.4 is 4.90 Å². The largest absolute Gasteiger partial charge is 0.396 e. The van der Waals surface area contributed by atoms with Crippen molar-refractivity contribution in [1.29, 1.82) is 0 Å². The van der Waals surface area contributed by atoms with Crippen LogP contribution in [0.2, 0.25) is 0 Å². The molecule has 4 aromatic rings. The van der Waals surface area contributed by atoms with E-state index in [1.165, 1.54) is 12.1 Å². The minimum Gasteiger partial charge on any atom is -0.396 e. The number of aromatic nitrogens is 4. The van der Waals surface area contributed by atoms with Crippen LogP contribution in [0.3, 0.4) is 0 Å². The SMILES string of the molecule is OC[C@]1(Cc2ccc(F)cc2)CN(c2cc(-c3ccccc3)nn3cnnc23)CC[C@@H]1O. The summed E-state index contributed by atoms with van der Waals surface area (Å²) in [6.45, 7) is 0.831. The minimum absolute atomic E-state index is 0.193. The quantitative estimate of drug-likeness (QED) is 0.503. The molecule has 2 N–H and O–H groups in total. The Balaban J connectivity index is 1.53. The zero-order valence-electron chi connectivity index (χ0n) is 17.5. The molecule has 2 aromatic carbocycles. The maximum absolute atomic E-state index is 13.4. The van der Waals surface area contributed by atoms with Gasteiger partial charge in [-0.15, -0.1) is 10.2 Å². The highest BCUT2D eigenvalue weighted by molar-refractivity contribution is 5.74. The lowest BCUT2D eigenvalue weighted by atomic mass is 9.73. The van der Waals surface area contributed by atoms with Crippen molar-refractivity contribution in [3.05, 3.63) is 78.4 Å². The van der Waals surface area contributed by atoms with E-state index in [0.717, 1.165) is 22.5 Å². The summed E-state index contributed by atoms with van der Waals surface area (Å²) in [4.78, 5) is 2.13. The van der Waals surface area contributed by atoms with Crippen molar-refractivity contribution < 1.29 is 14.6 Å². The van der Waals surface area contributed by atoms with Crippen molar-refractivity contribution >= 4 is 11.3 Å². The van der Waals surface area contributed by atoms with Gasteiger partial charge in [0.15, 0.2) is 0 Å². The van der Waals surface area contributed by atoms with Crippen LogP contribution in [0.1, 0.15) is 12.0 Å². The lowest BCUT2D eigenvalue weighted by Gasteiger charge is -2.46. The number of aliphatic hydroxyl groups is 2. The molecule has 0 spiro atoms. The van der Waals surface area contributed by atoms with Crippen molar-refractivity contribution in [2.45, 2.75) is 18.9 Å². The lowest BCUT2D eigenvalue weighted by Crippen LogP contribution is -2.55. The van der Waals surface area contributed by atoms with Crippen molar-refractivity contribution in [2.24, 2.45) is 5.41 Å². The molecule has 1 aliphatic rings. The Morgan fingerprint density at radius 3 is 2.62 bits per heavy atom. The van der Waals surface area contributed by atoms with Gasteiger partial charge in [-0.1, -0.05) is 42.5 Å². The van der Waals surface area contributed by atoms with E-state index in [2.05, 4.69) is 20.2 Å². The summed E-state index contributed by atoms with van der Waals surface area (Å²) in [5.41, 5.74) is 3.31. The maximum atomic E-state index is 13.4. The number of benzene rings is 2. The fourth-order valence-corrected chi connectivity index (χ4v) is 4.54. The first-order valence-electron chi connectivity index (χ1n) is 10.6. The second-order valence-electron chi connectivity index (χ2n) is 8.43. The van der Waals surface area contributed by atoms with E-state index >= 15 is 0 Å². The third-order valence-electron chi connectivity index (χ3n) is 6.33. The Kier molecular flexibility index (Phi) is 5.32. The summed E-state index contributed by atoms with van der Waals surface area (Å²) >= 11 is 0. The van der Waals surface area contributed by atoms with Crippen LogP contribution in [0.15, 0.2) is 67.0 Å². The van der Waals surface area contributed by atoms with Crippen LogP contribution in [-0.4, -0.2) is 55.8 Å². The minimum atomic E-state index is -0.788. The molecule has 2 aromatic heterocycles. The van der Waals surface area contributed by atoms with Gasteiger partial charge >= 0.3 is 0 Å². The van der Waals surface area contributed by atoms with Gasteiger partial charge in [0.1, 0.15) is 12.1 Å². The average molecular weight is 433 g/mol. The summed E-state index contributed by atoms with van der Waals surface area (Å²) < 4.78 is 15.0. The molecular formula is C24H24FN5O2. The first-order chi connectivity index (χ1) is 15.6. The molecule has 0 bridgehead atoms. The van der Waals surface area contributed by atoms with Gasteiger partial charge in [-0.2, -0.15) is 9.61 Å². The Labute approximate surface area is 184 Å². The number of anilines is 1. The van der Waals surface area contributed by atoms with E-state index in [1.54, 1.807) is 23.0 Å². The van der Waals surface area contributed by atoms with E-state index in [1.807, 2.05) is 36.4 Å². The van der Waals surface area contributed by atoms with E-state index in [-0.39, 0.29) is 12.4 Å². The third kappa shape index (κ3) is 3.72. The molecule has 5 rings (SSSR count). The Morgan fingerprint density at radius 1 is 1.09 bits per heavy atom. The van der Waals surface area contributed by atoms with Gasteiger partial charge in [0.25, 0.3) is 0 Å². The number of hydrogen-bond donors (Lipinski definition) is 2. The highest BCUT2D eigenvalue weighted by Gasteiger charge is 2.43. The molecule has 164 valence electrons. The van der Waals surface area contributed by atoms with Gasteiger partial charge in [0.2, 0.25) is 5.65 Å². The molecule has 0 radical (unpaired) electrons. The van der Waals surface area contributed by atoms with Crippen LogP contribution in [0, 0.1) is 11.2 Å². The monoisotopic (exact) mass is 433 g/mol. The van der Waals surface area contributed by atoms with E-state index < -0.39 is 11.5 Å². The van der Waals surface area contributed by atoms with Crippen LogP contribution in [0.5, 0.6) is 0 Å². The van der Waals surface area contributed by atoms with Crippen molar-refractivity contribution in [3.63, 3.8) is 0 Å². The third-order valence-corrected chi connectivity index (χ3v) is 6.33. The molecule has 0 amide bonds. The van der Waals surface area contributed by atoms with Gasteiger partial charge in [0, 0.05) is 24.1 Å². The second-order valence-corrected chi connectivity index (χ2v) is 8.43. The van der Waals surface area contributed by atoms with Crippen molar-refractivity contribution in [1.82, 2.24) is 19.8 Å². The predicted octanol–water partition coefficient (Wildman–Crippen LogP) is 2.72. The number of halogens is 1. The smallest absolute Gasteiger partial charge is 0.200 e.